The Morgan fingerprint density at radius 2 is 1.81 bits per heavy atom. The van der Waals surface area contributed by atoms with Crippen molar-refractivity contribution in [1.82, 2.24) is 10.6 Å². The average molecular weight is 314 g/mol. The highest BCUT2D eigenvalue weighted by atomic mass is 32.1. The summed E-state index contributed by atoms with van der Waals surface area (Å²) < 4.78 is 0. The number of rotatable bonds is 5. The van der Waals surface area contributed by atoms with Crippen molar-refractivity contribution < 1.29 is 14.7 Å². The Morgan fingerprint density at radius 3 is 2.29 bits per heavy atom. The molecule has 21 heavy (non-hydrogen) atoms. The molecule has 1 fully saturated rings. The number of hydrogen-bond donors (Lipinski definition) is 3. The van der Waals surface area contributed by atoms with E-state index in [0.717, 1.165) is 12.8 Å². The van der Waals surface area contributed by atoms with E-state index >= 15 is 0 Å². The molecule has 1 saturated carbocycles. The minimum atomic E-state index is -1.06. The molecule has 0 aromatic carbocycles. The first-order chi connectivity index (χ1) is 9.70. The summed E-state index contributed by atoms with van der Waals surface area (Å²) in [7, 11) is 0. The predicted molar refractivity (Wildman–Crippen MR) is 86.2 cm³/mol. The Bertz CT molecular complexity index is 398. The quantitative estimate of drug-likeness (QED) is 0.676. The molecule has 120 valence electrons. The van der Waals surface area contributed by atoms with E-state index in [9.17, 15) is 14.7 Å². The normalized spacial score (nSPS) is 17.9. The van der Waals surface area contributed by atoms with Crippen molar-refractivity contribution >= 4 is 29.1 Å². The third-order valence-corrected chi connectivity index (χ3v) is 4.01. The maximum atomic E-state index is 12.0. The van der Waals surface area contributed by atoms with Crippen LogP contribution in [0.5, 0.6) is 0 Å². The summed E-state index contributed by atoms with van der Waals surface area (Å²) in [6.07, 6.45) is 5.64. The number of aliphatic carboxylic acids is 1. The molecule has 1 unspecified atom stereocenters. The molecule has 1 atom stereocenters. The topological polar surface area (TPSA) is 78.4 Å². The highest BCUT2D eigenvalue weighted by molar-refractivity contribution is 7.80. The average Bonchev–Trinajstić information content (AvgIpc) is 2.37. The second-order valence-electron chi connectivity index (χ2n) is 6.72. The van der Waals surface area contributed by atoms with Crippen LogP contribution in [0.3, 0.4) is 0 Å². The zero-order chi connectivity index (χ0) is 16.0. The van der Waals surface area contributed by atoms with Gasteiger partial charge in [0.05, 0.1) is 0 Å². The summed E-state index contributed by atoms with van der Waals surface area (Å²) in [5.41, 5.74) is -0.548. The number of carboxylic acids is 1. The number of ketones is 1. The molecule has 0 heterocycles. The summed E-state index contributed by atoms with van der Waals surface area (Å²) in [6.45, 7) is 5.35. The number of hydrogen-bond acceptors (Lipinski definition) is 3. The van der Waals surface area contributed by atoms with Crippen molar-refractivity contribution in [2.75, 3.05) is 0 Å². The van der Waals surface area contributed by atoms with E-state index in [2.05, 4.69) is 10.6 Å². The molecule has 5 nitrogen and oxygen atoms in total. The molecule has 0 spiro atoms. The maximum Gasteiger partial charge on any atom is 0.326 e. The monoisotopic (exact) mass is 314 g/mol. The molecule has 6 heteroatoms. The third kappa shape index (κ3) is 6.42. The summed E-state index contributed by atoms with van der Waals surface area (Å²) in [5.74, 6) is -1.15. The van der Waals surface area contributed by atoms with Gasteiger partial charge in [-0.15, -0.1) is 0 Å². The second-order valence-corrected chi connectivity index (χ2v) is 7.13. The largest absolute Gasteiger partial charge is 0.480 e. The third-order valence-electron chi connectivity index (χ3n) is 3.77. The first kappa shape index (κ1) is 17.9. The molecule has 0 aliphatic heterocycles. The van der Waals surface area contributed by atoms with Gasteiger partial charge in [0, 0.05) is 17.9 Å². The lowest BCUT2D eigenvalue weighted by Gasteiger charge is -2.26. The van der Waals surface area contributed by atoms with Crippen LogP contribution < -0.4 is 10.6 Å². The fourth-order valence-corrected chi connectivity index (χ4v) is 2.63. The van der Waals surface area contributed by atoms with Crippen LogP contribution in [-0.4, -0.2) is 34.1 Å². The van der Waals surface area contributed by atoms with Crippen LogP contribution in [0.15, 0.2) is 0 Å². The van der Waals surface area contributed by atoms with Crippen molar-refractivity contribution in [3.05, 3.63) is 0 Å². The number of thiocarbonyl (C=S) groups is 1. The minimum Gasteiger partial charge on any atom is -0.480 e. The first-order valence-electron chi connectivity index (χ1n) is 7.53. The van der Waals surface area contributed by atoms with Gasteiger partial charge < -0.3 is 15.7 Å². The van der Waals surface area contributed by atoms with E-state index in [1.54, 1.807) is 20.8 Å². The van der Waals surface area contributed by atoms with E-state index in [-0.39, 0.29) is 12.2 Å². The predicted octanol–water partition coefficient (Wildman–Crippen LogP) is 2.24. The van der Waals surface area contributed by atoms with Crippen molar-refractivity contribution in [3.8, 4) is 0 Å². The molecule has 0 aromatic rings. The van der Waals surface area contributed by atoms with E-state index in [0.29, 0.717) is 11.2 Å². The van der Waals surface area contributed by atoms with Gasteiger partial charge in [-0.25, -0.2) is 4.79 Å². The summed E-state index contributed by atoms with van der Waals surface area (Å²) in [6, 6.07) is -0.660. The Hall–Kier alpha value is -1.17. The molecule has 0 amide bonds. The fourth-order valence-electron chi connectivity index (χ4n) is 2.32. The molecule has 0 radical (unpaired) electrons. The van der Waals surface area contributed by atoms with Gasteiger partial charge in [0.25, 0.3) is 0 Å². The van der Waals surface area contributed by atoms with Crippen molar-refractivity contribution in [2.45, 2.75) is 71.4 Å². The number of nitrogens with one attached hydrogen (secondary N) is 2. The van der Waals surface area contributed by atoms with Crippen LogP contribution in [0, 0.1) is 5.41 Å². The lowest BCUT2D eigenvalue weighted by molar-refractivity contribution is -0.141. The van der Waals surface area contributed by atoms with Gasteiger partial charge in [-0.2, -0.15) is 0 Å². The van der Waals surface area contributed by atoms with E-state index < -0.39 is 17.4 Å². The van der Waals surface area contributed by atoms with E-state index in [1.165, 1.54) is 19.3 Å². The molecular formula is C15H26N2O3S. The molecule has 0 aromatic heterocycles. The summed E-state index contributed by atoms with van der Waals surface area (Å²) >= 11 is 5.18. The van der Waals surface area contributed by atoms with Gasteiger partial charge in [-0.3, -0.25) is 4.79 Å². The van der Waals surface area contributed by atoms with Gasteiger partial charge >= 0.3 is 5.97 Å². The smallest absolute Gasteiger partial charge is 0.326 e. The van der Waals surface area contributed by atoms with Crippen molar-refractivity contribution in [1.29, 1.82) is 0 Å². The maximum absolute atomic E-state index is 12.0. The second kappa shape index (κ2) is 7.73. The molecule has 3 N–H and O–H groups in total. The molecule has 0 bridgehead atoms. The Labute approximate surface area is 131 Å². The highest BCUT2D eigenvalue weighted by Crippen LogP contribution is 2.19. The van der Waals surface area contributed by atoms with Crippen LogP contribution in [-0.2, 0) is 9.59 Å². The van der Waals surface area contributed by atoms with Gasteiger partial charge in [-0.1, -0.05) is 40.0 Å². The summed E-state index contributed by atoms with van der Waals surface area (Å²) in [5, 5.41) is 15.5. The van der Waals surface area contributed by atoms with Crippen LogP contribution in [0.4, 0.5) is 0 Å². The summed E-state index contributed by atoms with van der Waals surface area (Å²) in [4.78, 5) is 23.3. The van der Waals surface area contributed by atoms with Crippen LogP contribution in [0.1, 0.15) is 59.3 Å². The fraction of sp³-hybridized carbons (Fsp3) is 0.800. The minimum absolute atomic E-state index is 0.0642. The van der Waals surface area contributed by atoms with Crippen LogP contribution >= 0.6 is 12.2 Å². The Morgan fingerprint density at radius 1 is 1.24 bits per heavy atom. The first-order valence-corrected chi connectivity index (χ1v) is 7.94. The number of carbonyl (C=O) groups is 2. The Balaban J connectivity index is 2.51. The Kier molecular flexibility index (Phi) is 6.58. The number of Topliss-reactive ketones (excluding diaryl/α,β-unsaturated/α-hetero) is 1. The van der Waals surface area contributed by atoms with Crippen molar-refractivity contribution in [3.63, 3.8) is 0 Å². The lowest BCUT2D eigenvalue weighted by atomic mass is 9.87. The zero-order valence-corrected chi connectivity index (χ0v) is 13.9. The lowest BCUT2D eigenvalue weighted by Crippen LogP contribution is -2.50. The van der Waals surface area contributed by atoms with E-state index in [1.807, 2.05) is 0 Å². The SMILES string of the molecule is CC(C)(C)C(=O)CC(NC(=S)NC1CCCCC1)C(=O)O. The van der Waals surface area contributed by atoms with Crippen LogP contribution in [0.2, 0.25) is 0 Å². The molecule has 1 aliphatic carbocycles. The number of carbonyl (C=O) groups excluding carboxylic acids is 1. The molecular weight excluding hydrogens is 288 g/mol. The highest BCUT2D eigenvalue weighted by Gasteiger charge is 2.29. The zero-order valence-electron chi connectivity index (χ0n) is 13.1. The van der Waals surface area contributed by atoms with Gasteiger partial charge in [0.15, 0.2) is 5.11 Å². The van der Waals surface area contributed by atoms with E-state index in [4.69, 9.17) is 12.2 Å². The van der Waals surface area contributed by atoms with Gasteiger partial charge in [-0.05, 0) is 25.1 Å². The molecule has 0 saturated heterocycles. The van der Waals surface area contributed by atoms with Crippen molar-refractivity contribution in [2.24, 2.45) is 5.41 Å². The molecule has 1 rings (SSSR count). The van der Waals surface area contributed by atoms with Gasteiger partial charge in [0.1, 0.15) is 11.8 Å². The standard InChI is InChI=1S/C15H26N2O3S/c1-15(2,3)12(18)9-11(13(19)20)17-14(21)16-10-7-5-4-6-8-10/h10-11H,4-9H2,1-3H3,(H,19,20)(H2,16,17,21). The number of carboxylic acid groups (broad SMARTS) is 1. The van der Waals surface area contributed by atoms with Gasteiger partial charge in [0.2, 0.25) is 0 Å². The van der Waals surface area contributed by atoms with Crippen LogP contribution in [0.25, 0.3) is 0 Å². The molecule has 1 aliphatic rings.